The largest absolute Gasteiger partial charge is 0.481 e. The van der Waals surface area contributed by atoms with E-state index in [1.54, 1.807) is 14.0 Å². The van der Waals surface area contributed by atoms with Gasteiger partial charge >= 0.3 is 5.97 Å². The molecule has 1 atom stereocenters. The Morgan fingerprint density at radius 2 is 2.08 bits per heavy atom. The molecule has 0 saturated heterocycles. The highest BCUT2D eigenvalue weighted by atomic mass is 19.3. The molecule has 0 amide bonds. The fraction of sp³-hybridized carbons (Fsp3) is 0.875. The molecule has 0 aromatic carbocycles. The van der Waals surface area contributed by atoms with Gasteiger partial charge in [0.2, 0.25) is 0 Å². The van der Waals surface area contributed by atoms with Crippen LogP contribution in [0.4, 0.5) is 8.78 Å². The third kappa shape index (κ3) is 6.45. The maximum atomic E-state index is 11.9. The summed E-state index contributed by atoms with van der Waals surface area (Å²) in [5.74, 6) is -0.891. The summed E-state index contributed by atoms with van der Waals surface area (Å²) in [6, 6.07) is -0.120. The number of halogens is 2. The lowest BCUT2D eigenvalue weighted by Gasteiger charge is -2.23. The Bertz CT molecular complexity index is 164. The van der Waals surface area contributed by atoms with Gasteiger partial charge in [-0.3, -0.25) is 9.69 Å². The Kier molecular flexibility index (Phi) is 5.53. The van der Waals surface area contributed by atoms with Gasteiger partial charge in [0.1, 0.15) is 0 Å². The van der Waals surface area contributed by atoms with Gasteiger partial charge in [-0.1, -0.05) is 0 Å². The third-order valence-electron chi connectivity index (χ3n) is 1.95. The van der Waals surface area contributed by atoms with E-state index in [1.165, 1.54) is 4.90 Å². The highest BCUT2D eigenvalue weighted by Crippen LogP contribution is 2.06. The standard InChI is InChI=1S/C8H15F2NO2/c1-6(3-4-8(12)13)11(2)5-7(9)10/h6-7H,3-5H2,1-2H3,(H,12,13). The summed E-state index contributed by atoms with van der Waals surface area (Å²) in [6.45, 7) is 1.44. The highest BCUT2D eigenvalue weighted by molar-refractivity contribution is 5.66. The molecule has 5 heteroatoms. The summed E-state index contributed by atoms with van der Waals surface area (Å²) in [5, 5.41) is 8.36. The molecule has 0 radical (unpaired) electrons. The Morgan fingerprint density at radius 3 is 2.46 bits per heavy atom. The molecular formula is C8H15F2NO2. The van der Waals surface area contributed by atoms with Crippen molar-refractivity contribution in [1.29, 1.82) is 0 Å². The van der Waals surface area contributed by atoms with E-state index < -0.39 is 12.4 Å². The SMILES string of the molecule is CC(CCC(=O)O)N(C)CC(F)F. The van der Waals surface area contributed by atoms with E-state index in [1.807, 2.05) is 0 Å². The number of carboxylic acid groups (broad SMARTS) is 1. The first kappa shape index (κ1) is 12.3. The second-order valence-electron chi connectivity index (χ2n) is 3.11. The number of alkyl halides is 2. The highest BCUT2D eigenvalue weighted by Gasteiger charge is 2.14. The molecule has 0 aromatic heterocycles. The molecular weight excluding hydrogens is 180 g/mol. The molecule has 78 valence electrons. The minimum atomic E-state index is -2.36. The van der Waals surface area contributed by atoms with Crippen molar-refractivity contribution in [2.75, 3.05) is 13.6 Å². The van der Waals surface area contributed by atoms with Crippen molar-refractivity contribution in [3.8, 4) is 0 Å². The minimum Gasteiger partial charge on any atom is -0.481 e. The van der Waals surface area contributed by atoms with Crippen LogP contribution in [0.1, 0.15) is 19.8 Å². The number of nitrogens with zero attached hydrogens (tertiary/aromatic N) is 1. The zero-order valence-electron chi connectivity index (χ0n) is 7.83. The molecule has 0 aliphatic carbocycles. The second kappa shape index (κ2) is 5.85. The molecule has 0 aliphatic heterocycles. The summed E-state index contributed by atoms with van der Waals surface area (Å²) < 4.78 is 23.8. The summed E-state index contributed by atoms with van der Waals surface area (Å²) in [7, 11) is 1.57. The van der Waals surface area contributed by atoms with Gasteiger partial charge in [-0.05, 0) is 20.4 Å². The van der Waals surface area contributed by atoms with Crippen molar-refractivity contribution in [2.45, 2.75) is 32.2 Å². The first-order valence-electron chi connectivity index (χ1n) is 4.13. The molecule has 1 unspecified atom stereocenters. The first-order valence-corrected chi connectivity index (χ1v) is 4.13. The average Bonchev–Trinajstić information content (AvgIpc) is 1.98. The lowest BCUT2D eigenvalue weighted by Crippen LogP contribution is -2.33. The van der Waals surface area contributed by atoms with Crippen LogP contribution in [0.3, 0.4) is 0 Å². The van der Waals surface area contributed by atoms with E-state index in [0.29, 0.717) is 6.42 Å². The lowest BCUT2D eigenvalue weighted by atomic mass is 10.1. The molecule has 1 N–H and O–H groups in total. The molecule has 0 spiro atoms. The minimum absolute atomic E-state index is 0.0226. The molecule has 0 bridgehead atoms. The van der Waals surface area contributed by atoms with Gasteiger partial charge in [-0.15, -0.1) is 0 Å². The van der Waals surface area contributed by atoms with E-state index in [2.05, 4.69) is 0 Å². The van der Waals surface area contributed by atoms with Crippen molar-refractivity contribution in [1.82, 2.24) is 4.90 Å². The van der Waals surface area contributed by atoms with Gasteiger partial charge in [0.25, 0.3) is 6.43 Å². The molecule has 3 nitrogen and oxygen atoms in total. The summed E-state index contributed by atoms with van der Waals surface area (Å²) in [5.41, 5.74) is 0. The number of rotatable bonds is 6. The number of aliphatic carboxylic acids is 1. The van der Waals surface area contributed by atoms with E-state index in [0.717, 1.165) is 0 Å². The monoisotopic (exact) mass is 195 g/mol. The van der Waals surface area contributed by atoms with Crippen LogP contribution in [0.15, 0.2) is 0 Å². The quantitative estimate of drug-likeness (QED) is 0.697. The number of carbonyl (C=O) groups is 1. The van der Waals surface area contributed by atoms with Gasteiger partial charge < -0.3 is 5.11 Å². The van der Waals surface area contributed by atoms with Crippen LogP contribution >= 0.6 is 0 Å². The molecule has 0 fully saturated rings. The molecule has 0 aromatic rings. The fourth-order valence-corrected chi connectivity index (χ4v) is 0.950. The number of hydrogen-bond acceptors (Lipinski definition) is 2. The molecule has 0 heterocycles. The normalized spacial score (nSPS) is 13.7. The van der Waals surface area contributed by atoms with E-state index >= 15 is 0 Å². The maximum Gasteiger partial charge on any atom is 0.303 e. The van der Waals surface area contributed by atoms with Crippen molar-refractivity contribution in [3.05, 3.63) is 0 Å². The van der Waals surface area contributed by atoms with Crippen molar-refractivity contribution in [2.24, 2.45) is 0 Å². The van der Waals surface area contributed by atoms with Crippen LogP contribution in [0.25, 0.3) is 0 Å². The number of carboxylic acids is 1. The Labute approximate surface area is 76.3 Å². The molecule has 0 rings (SSSR count). The maximum absolute atomic E-state index is 11.9. The predicted molar refractivity (Wildman–Crippen MR) is 45.0 cm³/mol. The average molecular weight is 195 g/mol. The zero-order valence-corrected chi connectivity index (χ0v) is 7.83. The van der Waals surface area contributed by atoms with Crippen molar-refractivity contribution in [3.63, 3.8) is 0 Å². The van der Waals surface area contributed by atoms with Gasteiger partial charge in [-0.2, -0.15) is 0 Å². The van der Waals surface area contributed by atoms with Crippen LogP contribution in [-0.2, 0) is 4.79 Å². The van der Waals surface area contributed by atoms with Gasteiger partial charge in [0.05, 0.1) is 6.54 Å². The molecule has 0 aliphatic rings. The van der Waals surface area contributed by atoms with Crippen LogP contribution in [0.5, 0.6) is 0 Å². The fourth-order valence-electron chi connectivity index (χ4n) is 0.950. The summed E-state index contributed by atoms with van der Waals surface area (Å²) in [4.78, 5) is 11.6. The predicted octanol–water partition coefficient (Wildman–Crippen LogP) is 1.44. The molecule has 13 heavy (non-hydrogen) atoms. The van der Waals surface area contributed by atoms with Crippen LogP contribution < -0.4 is 0 Å². The lowest BCUT2D eigenvalue weighted by molar-refractivity contribution is -0.137. The Balaban J connectivity index is 3.68. The zero-order chi connectivity index (χ0) is 10.4. The van der Waals surface area contributed by atoms with Gasteiger partial charge in [0, 0.05) is 12.5 Å². The molecule has 0 saturated carbocycles. The topological polar surface area (TPSA) is 40.5 Å². The summed E-state index contributed by atoms with van der Waals surface area (Å²) in [6.07, 6.45) is -1.94. The van der Waals surface area contributed by atoms with Gasteiger partial charge in [0.15, 0.2) is 0 Å². The number of hydrogen-bond donors (Lipinski definition) is 1. The van der Waals surface area contributed by atoms with Crippen LogP contribution in [-0.4, -0.2) is 42.0 Å². The third-order valence-corrected chi connectivity index (χ3v) is 1.95. The van der Waals surface area contributed by atoms with E-state index in [-0.39, 0.29) is 19.0 Å². The Hall–Kier alpha value is -0.710. The smallest absolute Gasteiger partial charge is 0.303 e. The second-order valence-corrected chi connectivity index (χ2v) is 3.11. The van der Waals surface area contributed by atoms with Crippen molar-refractivity contribution < 1.29 is 18.7 Å². The van der Waals surface area contributed by atoms with E-state index in [9.17, 15) is 13.6 Å². The summed E-state index contributed by atoms with van der Waals surface area (Å²) >= 11 is 0. The van der Waals surface area contributed by atoms with Crippen LogP contribution in [0.2, 0.25) is 0 Å². The first-order chi connectivity index (χ1) is 5.93. The van der Waals surface area contributed by atoms with Crippen LogP contribution in [0, 0.1) is 0 Å². The van der Waals surface area contributed by atoms with Gasteiger partial charge in [-0.25, -0.2) is 8.78 Å². The Morgan fingerprint density at radius 1 is 1.54 bits per heavy atom. The van der Waals surface area contributed by atoms with E-state index in [4.69, 9.17) is 5.11 Å². The van der Waals surface area contributed by atoms with Crippen molar-refractivity contribution >= 4 is 5.97 Å².